The van der Waals surface area contributed by atoms with Gasteiger partial charge in [0.05, 0.1) is 22.4 Å². The molecule has 2 N–H and O–H groups in total. The third-order valence-corrected chi connectivity index (χ3v) is 4.52. The molecule has 0 aliphatic heterocycles. The Hall–Kier alpha value is -2.61. The van der Waals surface area contributed by atoms with Crippen molar-refractivity contribution in [1.82, 2.24) is 10.3 Å². The summed E-state index contributed by atoms with van der Waals surface area (Å²) in [5, 5.41) is 4.69. The number of hydrogen-bond donors (Lipinski definition) is 2. The molecular formula is C18H15ClF3N3O2. The third-order valence-electron chi connectivity index (χ3n) is 4.19. The number of aromatic nitrogens is 1. The van der Waals surface area contributed by atoms with E-state index >= 15 is 0 Å². The molecule has 0 radical (unpaired) electrons. The molecule has 2 unspecified atom stereocenters. The molecule has 142 valence electrons. The number of benzene rings is 1. The first-order chi connectivity index (χ1) is 12.8. The Morgan fingerprint density at radius 3 is 2.59 bits per heavy atom. The van der Waals surface area contributed by atoms with Gasteiger partial charge in [0.15, 0.2) is 0 Å². The number of halogens is 4. The largest absolute Gasteiger partial charge is 0.417 e. The second kappa shape index (κ2) is 7.56. The van der Waals surface area contributed by atoms with Crippen LogP contribution in [0.2, 0.25) is 5.02 Å². The van der Waals surface area contributed by atoms with Crippen LogP contribution in [0.3, 0.4) is 0 Å². The lowest BCUT2D eigenvalue weighted by atomic mass is 10.2. The van der Waals surface area contributed by atoms with Crippen LogP contribution < -0.4 is 10.6 Å². The zero-order valence-electron chi connectivity index (χ0n) is 13.9. The van der Waals surface area contributed by atoms with Crippen molar-refractivity contribution in [3.8, 4) is 0 Å². The van der Waals surface area contributed by atoms with Crippen LogP contribution in [0.15, 0.2) is 42.7 Å². The Kier molecular flexibility index (Phi) is 5.36. The summed E-state index contributed by atoms with van der Waals surface area (Å²) in [5.74, 6) is -1.82. The highest BCUT2D eigenvalue weighted by Crippen LogP contribution is 2.40. The van der Waals surface area contributed by atoms with Crippen molar-refractivity contribution >= 4 is 29.1 Å². The van der Waals surface area contributed by atoms with Crippen LogP contribution in [-0.2, 0) is 22.3 Å². The van der Waals surface area contributed by atoms with E-state index < -0.39 is 34.5 Å². The Labute approximate surface area is 157 Å². The normalized spacial score (nSPS) is 18.7. The average molecular weight is 398 g/mol. The highest BCUT2D eigenvalue weighted by atomic mass is 35.5. The molecule has 1 aliphatic rings. The predicted octanol–water partition coefficient (Wildman–Crippen LogP) is 3.64. The summed E-state index contributed by atoms with van der Waals surface area (Å²) in [6.07, 6.45) is -1.03. The van der Waals surface area contributed by atoms with E-state index in [4.69, 9.17) is 11.6 Å². The molecule has 1 aromatic heterocycles. The summed E-state index contributed by atoms with van der Waals surface area (Å²) in [6.45, 7) is 0.295. The number of rotatable bonds is 5. The standard InChI is InChI=1S/C18H15ClF3N3O2/c19-15-4-3-11(6-14(15)18(20,21)22)25-17(27)13-7-12(13)16(26)24-9-10-2-1-5-23-8-10/h1-6,8,12-13H,7,9H2,(H,24,26)(H,25,27). The first-order valence-electron chi connectivity index (χ1n) is 8.10. The maximum Gasteiger partial charge on any atom is 0.417 e. The molecule has 2 amide bonds. The molecule has 27 heavy (non-hydrogen) atoms. The summed E-state index contributed by atoms with van der Waals surface area (Å²) >= 11 is 5.55. The number of pyridine rings is 1. The van der Waals surface area contributed by atoms with Crippen LogP contribution >= 0.6 is 11.6 Å². The van der Waals surface area contributed by atoms with E-state index in [9.17, 15) is 22.8 Å². The first kappa shape index (κ1) is 19.2. The number of carbonyl (C=O) groups excluding carboxylic acids is 2. The molecule has 1 fully saturated rings. The molecule has 1 saturated carbocycles. The Bertz CT molecular complexity index is 859. The van der Waals surface area contributed by atoms with Crippen LogP contribution in [0.5, 0.6) is 0 Å². The molecule has 0 spiro atoms. The number of nitrogens with one attached hydrogen (secondary N) is 2. The zero-order chi connectivity index (χ0) is 19.6. The van der Waals surface area contributed by atoms with Crippen LogP contribution in [0.1, 0.15) is 17.5 Å². The fourth-order valence-corrected chi connectivity index (χ4v) is 2.88. The van der Waals surface area contributed by atoms with Crippen molar-refractivity contribution in [2.45, 2.75) is 19.1 Å². The molecule has 1 aromatic carbocycles. The lowest BCUT2D eigenvalue weighted by molar-refractivity contribution is -0.137. The molecule has 1 heterocycles. The Morgan fingerprint density at radius 2 is 1.93 bits per heavy atom. The molecular weight excluding hydrogens is 383 g/mol. The van der Waals surface area contributed by atoms with Gasteiger partial charge in [-0.05, 0) is 36.2 Å². The van der Waals surface area contributed by atoms with Crippen molar-refractivity contribution in [3.63, 3.8) is 0 Å². The number of hydrogen-bond acceptors (Lipinski definition) is 3. The SMILES string of the molecule is O=C(NCc1cccnc1)C1CC1C(=O)Nc1ccc(Cl)c(C(F)(F)F)c1. The van der Waals surface area contributed by atoms with Crippen LogP contribution in [0.4, 0.5) is 18.9 Å². The first-order valence-corrected chi connectivity index (χ1v) is 8.47. The van der Waals surface area contributed by atoms with Crippen LogP contribution in [0.25, 0.3) is 0 Å². The monoisotopic (exact) mass is 397 g/mol. The van der Waals surface area contributed by atoms with Gasteiger partial charge in [0, 0.05) is 24.6 Å². The van der Waals surface area contributed by atoms with Gasteiger partial charge in [0.25, 0.3) is 0 Å². The number of alkyl halides is 3. The lowest BCUT2D eigenvalue weighted by Gasteiger charge is -2.12. The minimum atomic E-state index is -4.62. The molecule has 0 bridgehead atoms. The van der Waals surface area contributed by atoms with E-state index in [1.54, 1.807) is 18.5 Å². The Morgan fingerprint density at radius 1 is 1.19 bits per heavy atom. The molecule has 2 aromatic rings. The van der Waals surface area contributed by atoms with E-state index in [0.717, 1.165) is 17.7 Å². The maximum atomic E-state index is 12.9. The lowest BCUT2D eigenvalue weighted by Crippen LogP contribution is -2.27. The summed E-state index contributed by atoms with van der Waals surface area (Å²) in [6, 6.07) is 6.69. The van der Waals surface area contributed by atoms with Gasteiger partial charge in [-0.25, -0.2) is 0 Å². The van der Waals surface area contributed by atoms with E-state index in [2.05, 4.69) is 15.6 Å². The Balaban J connectivity index is 1.55. The second-order valence-corrected chi connectivity index (χ2v) is 6.62. The van der Waals surface area contributed by atoms with Crippen LogP contribution in [0, 0.1) is 11.8 Å². The quantitative estimate of drug-likeness (QED) is 0.809. The van der Waals surface area contributed by atoms with Crippen molar-refractivity contribution in [1.29, 1.82) is 0 Å². The van der Waals surface area contributed by atoms with E-state index in [1.165, 1.54) is 6.07 Å². The van der Waals surface area contributed by atoms with Crippen molar-refractivity contribution in [3.05, 3.63) is 58.9 Å². The van der Waals surface area contributed by atoms with Gasteiger partial charge in [-0.1, -0.05) is 17.7 Å². The fourth-order valence-electron chi connectivity index (χ4n) is 2.65. The summed E-state index contributed by atoms with van der Waals surface area (Å²) < 4.78 is 38.6. The summed E-state index contributed by atoms with van der Waals surface area (Å²) in [5.41, 5.74) is -0.213. The van der Waals surface area contributed by atoms with Crippen molar-refractivity contribution in [2.24, 2.45) is 11.8 Å². The highest BCUT2D eigenvalue weighted by molar-refractivity contribution is 6.31. The van der Waals surface area contributed by atoms with Crippen LogP contribution in [-0.4, -0.2) is 16.8 Å². The minimum absolute atomic E-state index is 0.0156. The molecule has 9 heteroatoms. The fraction of sp³-hybridized carbons (Fsp3) is 0.278. The van der Waals surface area contributed by atoms with Gasteiger partial charge >= 0.3 is 6.18 Å². The van der Waals surface area contributed by atoms with Gasteiger partial charge in [-0.15, -0.1) is 0 Å². The summed E-state index contributed by atoms with van der Waals surface area (Å²) in [4.78, 5) is 28.2. The van der Waals surface area contributed by atoms with E-state index in [1.807, 2.05) is 6.07 Å². The van der Waals surface area contributed by atoms with Gasteiger partial charge in [0.1, 0.15) is 0 Å². The topological polar surface area (TPSA) is 71.1 Å². The molecule has 3 rings (SSSR count). The number of carbonyl (C=O) groups is 2. The minimum Gasteiger partial charge on any atom is -0.352 e. The smallest absolute Gasteiger partial charge is 0.352 e. The van der Waals surface area contributed by atoms with Gasteiger partial charge in [-0.3, -0.25) is 14.6 Å². The highest BCUT2D eigenvalue weighted by Gasteiger charge is 2.48. The molecule has 0 saturated heterocycles. The summed E-state index contributed by atoms with van der Waals surface area (Å²) in [7, 11) is 0. The van der Waals surface area contributed by atoms with E-state index in [-0.39, 0.29) is 11.6 Å². The van der Waals surface area contributed by atoms with Crippen molar-refractivity contribution < 1.29 is 22.8 Å². The predicted molar refractivity (Wildman–Crippen MR) is 92.8 cm³/mol. The number of anilines is 1. The van der Waals surface area contributed by atoms with Gasteiger partial charge in [-0.2, -0.15) is 13.2 Å². The maximum absolute atomic E-state index is 12.9. The number of amides is 2. The molecule has 1 aliphatic carbocycles. The second-order valence-electron chi connectivity index (χ2n) is 6.21. The van der Waals surface area contributed by atoms with Crippen molar-refractivity contribution in [2.75, 3.05) is 5.32 Å². The third kappa shape index (κ3) is 4.77. The average Bonchev–Trinajstić information content (AvgIpc) is 3.42. The molecule has 2 atom stereocenters. The van der Waals surface area contributed by atoms with Gasteiger partial charge < -0.3 is 10.6 Å². The number of nitrogens with zero attached hydrogens (tertiary/aromatic N) is 1. The van der Waals surface area contributed by atoms with Gasteiger partial charge in [0.2, 0.25) is 11.8 Å². The molecule has 5 nitrogen and oxygen atoms in total. The zero-order valence-corrected chi connectivity index (χ0v) is 14.6. The van der Waals surface area contributed by atoms with E-state index in [0.29, 0.717) is 13.0 Å².